The molecule has 2 N–H and O–H groups in total. The second-order valence-corrected chi connectivity index (χ2v) is 5.83. The molecule has 0 bridgehead atoms. The Bertz CT molecular complexity index is 593. The standard InChI is InChI=1S/C18H23N3O3/c1-2-10-19-18(24)20-16(22)13-21-11-8-15(9-12-21)17(23)14-6-4-3-5-7-14/h2-7,15H,1,8-13H2,(H2,19,20,22,24). The highest BCUT2D eigenvalue weighted by Gasteiger charge is 2.26. The lowest BCUT2D eigenvalue weighted by Gasteiger charge is -2.30. The van der Waals surface area contributed by atoms with Gasteiger partial charge in [-0.25, -0.2) is 4.79 Å². The number of carbonyl (C=O) groups is 3. The van der Waals surface area contributed by atoms with Crippen LogP contribution in [0.4, 0.5) is 4.79 Å². The van der Waals surface area contributed by atoms with Crippen molar-refractivity contribution in [3.8, 4) is 0 Å². The van der Waals surface area contributed by atoms with Gasteiger partial charge in [0.2, 0.25) is 5.91 Å². The van der Waals surface area contributed by atoms with Crippen LogP contribution in [0.15, 0.2) is 43.0 Å². The van der Waals surface area contributed by atoms with E-state index in [0.717, 1.165) is 18.4 Å². The van der Waals surface area contributed by atoms with Crippen LogP contribution in [-0.4, -0.2) is 48.8 Å². The molecule has 1 fully saturated rings. The summed E-state index contributed by atoms with van der Waals surface area (Å²) in [4.78, 5) is 37.6. The van der Waals surface area contributed by atoms with Crippen LogP contribution in [0.25, 0.3) is 0 Å². The van der Waals surface area contributed by atoms with Crippen LogP contribution >= 0.6 is 0 Å². The zero-order valence-corrected chi connectivity index (χ0v) is 13.7. The van der Waals surface area contributed by atoms with Crippen molar-refractivity contribution >= 4 is 17.7 Å². The normalized spacial score (nSPS) is 15.5. The molecule has 0 saturated carbocycles. The topological polar surface area (TPSA) is 78.5 Å². The SMILES string of the molecule is C=CCNC(=O)NC(=O)CN1CCC(C(=O)c2ccccc2)CC1. The van der Waals surface area contributed by atoms with E-state index in [9.17, 15) is 14.4 Å². The Balaban J connectivity index is 1.74. The van der Waals surface area contributed by atoms with Crippen LogP contribution in [0.5, 0.6) is 0 Å². The number of piperidine rings is 1. The molecule has 0 spiro atoms. The van der Waals surface area contributed by atoms with Crippen molar-refractivity contribution in [3.63, 3.8) is 0 Å². The molecule has 1 heterocycles. The van der Waals surface area contributed by atoms with Gasteiger partial charge in [-0.2, -0.15) is 0 Å². The van der Waals surface area contributed by atoms with Gasteiger partial charge < -0.3 is 5.32 Å². The van der Waals surface area contributed by atoms with E-state index in [-0.39, 0.29) is 24.2 Å². The summed E-state index contributed by atoms with van der Waals surface area (Å²) < 4.78 is 0. The van der Waals surface area contributed by atoms with Gasteiger partial charge in [0.05, 0.1) is 6.54 Å². The first-order valence-electron chi connectivity index (χ1n) is 8.10. The Morgan fingerprint density at radius 1 is 1.17 bits per heavy atom. The predicted octanol–water partition coefficient (Wildman–Crippen LogP) is 1.59. The minimum atomic E-state index is -0.519. The predicted molar refractivity (Wildman–Crippen MR) is 91.7 cm³/mol. The lowest BCUT2D eigenvalue weighted by molar-refractivity contribution is -0.121. The number of benzene rings is 1. The number of carbonyl (C=O) groups excluding carboxylic acids is 3. The molecule has 24 heavy (non-hydrogen) atoms. The molecule has 6 nitrogen and oxygen atoms in total. The maximum absolute atomic E-state index is 12.4. The van der Waals surface area contributed by atoms with Crippen LogP contribution in [0.3, 0.4) is 0 Å². The second-order valence-electron chi connectivity index (χ2n) is 5.83. The number of amides is 3. The largest absolute Gasteiger partial charge is 0.334 e. The van der Waals surface area contributed by atoms with Crippen molar-refractivity contribution in [2.75, 3.05) is 26.2 Å². The van der Waals surface area contributed by atoms with Crippen molar-refractivity contribution in [2.45, 2.75) is 12.8 Å². The Hall–Kier alpha value is -2.47. The van der Waals surface area contributed by atoms with Gasteiger partial charge in [-0.3, -0.25) is 19.8 Å². The van der Waals surface area contributed by atoms with E-state index in [4.69, 9.17) is 0 Å². The van der Waals surface area contributed by atoms with E-state index in [1.165, 1.54) is 0 Å². The van der Waals surface area contributed by atoms with Gasteiger partial charge in [0, 0.05) is 18.0 Å². The lowest BCUT2D eigenvalue weighted by Crippen LogP contribution is -2.46. The van der Waals surface area contributed by atoms with Crippen LogP contribution in [0.2, 0.25) is 0 Å². The van der Waals surface area contributed by atoms with E-state index in [1.807, 2.05) is 35.2 Å². The molecular weight excluding hydrogens is 306 g/mol. The molecule has 1 aliphatic rings. The van der Waals surface area contributed by atoms with Gasteiger partial charge in [-0.1, -0.05) is 36.4 Å². The molecule has 2 rings (SSSR count). The van der Waals surface area contributed by atoms with Crippen molar-refractivity contribution in [3.05, 3.63) is 48.6 Å². The van der Waals surface area contributed by atoms with E-state index in [0.29, 0.717) is 19.6 Å². The van der Waals surface area contributed by atoms with Crippen molar-refractivity contribution in [1.29, 1.82) is 0 Å². The summed E-state index contributed by atoms with van der Waals surface area (Å²) in [5.74, 6) is -0.171. The second kappa shape index (κ2) is 8.98. The Morgan fingerprint density at radius 3 is 2.46 bits per heavy atom. The quantitative estimate of drug-likeness (QED) is 0.614. The molecule has 0 aliphatic carbocycles. The van der Waals surface area contributed by atoms with E-state index in [1.54, 1.807) is 6.08 Å². The molecule has 0 unspecified atom stereocenters. The highest BCUT2D eigenvalue weighted by Crippen LogP contribution is 2.21. The summed E-state index contributed by atoms with van der Waals surface area (Å²) >= 11 is 0. The van der Waals surface area contributed by atoms with Crippen LogP contribution < -0.4 is 10.6 Å². The first kappa shape index (κ1) is 17.9. The third kappa shape index (κ3) is 5.31. The van der Waals surface area contributed by atoms with Crippen LogP contribution in [0, 0.1) is 5.92 Å². The molecule has 6 heteroatoms. The van der Waals surface area contributed by atoms with E-state index < -0.39 is 6.03 Å². The maximum atomic E-state index is 12.4. The van der Waals surface area contributed by atoms with E-state index >= 15 is 0 Å². The number of nitrogens with zero attached hydrogens (tertiary/aromatic N) is 1. The Morgan fingerprint density at radius 2 is 1.83 bits per heavy atom. The Labute approximate surface area is 141 Å². The first-order chi connectivity index (χ1) is 11.6. The monoisotopic (exact) mass is 329 g/mol. The highest BCUT2D eigenvalue weighted by molar-refractivity contribution is 5.98. The van der Waals surface area contributed by atoms with Gasteiger partial charge in [0.25, 0.3) is 0 Å². The average Bonchev–Trinajstić information content (AvgIpc) is 2.60. The van der Waals surface area contributed by atoms with Gasteiger partial charge in [0.15, 0.2) is 5.78 Å². The number of ketones is 1. The van der Waals surface area contributed by atoms with Gasteiger partial charge in [-0.05, 0) is 25.9 Å². The summed E-state index contributed by atoms with van der Waals surface area (Å²) in [6.45, 7) is 5.30. The fourth-order valence-corrected chi connectivity index (χ4v) is 2.77. The summed E-state index contributed by atoms with van der Waals surface area (Å²) in [6, 6.07) is 8.78. The summed E-state index contributed by atoms with van der Waals surface area (Å²) in [5.41, 5.74) is 0.743. The summed E-state index contributed by atoms with van der Waals surface area (Å²) in [6.07, 6.45) is 2.99. The molecule has 0 atom stereocenters. The van der Waals surface area contributed by atoms with Crippen LogP contribution in [0.1, 0.15) is 23.2 Å². The molecule has 1 saturated heterocycles. The molecule has 128 valence electrons. The third-order valence-corrected chi connectivity index (χ3v) is 4.04. The third-order valence-electron chi connectivity index (χ3n) is 4.04. The molecule has 0 radical (unpaired) electrons. The fraction of sp³-hybridized carbons (Fsp3) is 0.389. The number of Topliss-reactive ketones (excluding diaryl/α,β-unsaturated/α-hetero) is 1. The van der Waals surface area contributed by atoms with E-state index in [2.05, 4.69) is 17.2 Å². The molecule has 0 aromatic heterocycles. The smallest absolute Gasteiger partial charge is 0.321 e. The van der Waals surface area contributed by atoms with Crippen LogP contribution in [-0.2, 0) is 4.79 Å². The number of rotatable bonds is 6. The first-order valence-corrected chi connectivity index (χ1v) is 8.10. The number of hydrogen-bond donors (Lipinski definition) is 2. The maximum Gasteiger partial charge on any atom is 0.321 e. The highest BCUT2D eigenvalue weighted by atomic mass is 16.2. The average molecular weight is 329 g/mol. The van der Waals surface area contributed by atoms with Gasteiger partial charge in [-0.15, -0.1) is 6.58 Å². The molecule has 1 aromatic rings. The Kier molecular flexibility index (Phi) is 6.69. The number of hydrogen-bond acceptors (Lipinski definition) is 4. The number of imide groups is 1. The number of urea groups is 1. The van der Waals surface area contributed by atoms with Crippen molar-refractivity contribution < 1.29 is 14.4 Å². The molecular formula is C18H23N3O3. The fourth-order valence-electron chi connectivity index (χ4n) is 2.77. The number of likely N-dealkylation sites (tertiary alicyclic amines) is 1. The van der Waals surface area contributed by atoms with Gasteiger partial charge in [0.1, 0.15) is 0 Å². The zero-order chi connectivity index (χ0) is 17.4. The minimum Gasteiger partial charge on any atom is -0.334 e. The lowest BCUT2D eigenvalue weighted by atomic mass is 9.89. The minimum absolute atomic E-state index is 0.00241. The molecule has 3 amide bonds. The van der Waals surface area contributed by atoms with Crippen molar-refractivity contribution in [2.24, 2.45) is 5.92 Å². The summed E-state index contributed by atoms with van der Waals surface area (Å²) in [5, 5.41) is 4.77. The van der Waals surface area contributed by atoms with Crippen molar-refractivity contribution in [1.82, 2.24) is 15.5 Å². The van der Waals surface area contributed by atoms with Gasteiger partial charge >= 0.3 is 6.03 Å². The zero-order valence-electron chi connectivity index (χ0n) is 13.7. The molecule has 1 aromatic carbocycles. The number of nitrogens with one attached hydrogen (secondary N) is 2. The summed E-state index contributed by atoms with van der Waals surface area (Å²) in [7, 11) is 0. The molecule has 1 aliphatic heterocycles.